The number of nitrogens with zero attached hydrogens (tertiary/aromatic N) is 3. The third-order valence-electron chi connectivity index (χ3n) is 1.89. The van der Waals surface area contributed by atoms with Crippen LogP contribution in [-0.4, -0.2) is 20.6 Å². The average molecular weight is 287 g/mol. The van der Waals surface area contributed by atoms with Crippen LogP contribution in [0.3, 0.4) is 0 Å². The Morgan fingerprint density at radius 1 is 1.67 bits per heavy atom. The number of hydrogen-bond donors (Lipinski definition) is 1. The van der Waals surface area contributed by atoms with Gasteiger partial charge in [0.25, 0.3) is 0 Å². The molecule has 6 heteroatoms. The van der Waals surface area contributed by atoms with E-state index in [0.717, 1.165) is 16.3 Å². The minimum absolute atomic E-state index is 0.331. The maximum Gasteiger partial charge on any atom is 0.184 e. The van der Waals surface area contributed by atoms with Crippen molar-refractivity contribution in [2.75, 3.05) is 5.32 Å². The minimum atomic E-state index is 0.331. The highest BCUT2D eigenvalue weighted by molar-refractivity contribution is 9.10. The third-order valence-corrected chi connectivity index (χ3v) is 3.37. The number of hydrogen-bond acceptors (Lipinski definition) is 4. The van der Waals surface area contributed by atoms with Gasteiger partial charge in [-0.1, -0.05) is 0 Å². The molecule has 0 saturated carbocycles. The topological polar surface area (TPSA) is 42.7 Å². The zero-order valence-electron chi connectivity index (χ0n) is 8.22. The van der Waals surface area contributed by atoms with Gasteiger partial charge >= 0.3 is 0 Å². The van der Waals surface area contributed by atoms with Crippen molar-refractivity contribution in [2.45, 2.75) is 19.5 Å². The van der Waals surface area contributed by atoms with Crippen molar-refractivity contribution in [1.82, 2.24) is 14.5 Å². The van der Waals surface area contributed by atoms with E-state index in [1.807, 2.05) is 22.5 Å². The predicted octanol–water partition coefficient (Wildman–Crippen LogP) is 2.60. The highest BCUT2D eigenvalue weighted by Crippen LogP contribution is 2.20. The first-order valence-electron chi connectivity index (χ1n) is 4.57. The lowest BCUT2D eigenvalue weighted by Crippen LogP contribution is -2.21. The molecule has 2 heterocycles. The summed E-state index contributed by atoms with van der Waals surface area (Å²) >= 11 is 4.92. The first-order chi connectivity index (χ1) is 7.24. The molecule has 1 atom stereocenters. The minimum Gasteiger partial charge on any atom is -0.357 e. The predicted molar refractivity (Wildman–Crippen MR) is 65.1 cm³/mol. The van der Waals surface area contributed by atoms with E-state index in [2.05, 4.69) is 38.1 Å². The molecule has 1 N–H and O–H groups in total. The number of aromatic nitrogens is 3. The normalized spacial score (nSPS) is 12.7. The molecule has 0 amide bonds. The van der Waals surface area contributed by atoms with Gasteiger partial charge in [0.2, 0.25) is 0 Å². The van der Waals surface area contributed by atoms with Crippen LogP contribution in [0.5, 0.6) is 0 Å². The van der Waals surface area contributed by atoms with Gasteiger partial charge in [-0.05, 0) is 22.9 Å². The van der Waals surface area contributed by atoms with Crippen LogP contribution >= 0.6 is 27.3 Å². The second kappa shape index (κ2) is 4.76. The van der Waals surface area contributed by atoms with Crippen molar-refractivity contribution in [3.63, 3.8) is 0 Å². The van der Waals surface area contributed by atoms with Crippen molar-refractivity contribution >= 4 is 32.4 Å². The lowest BCUT2D eigenvalue weighted by Gasteiger charge is -2.12. The van der Waals surface area contributed by atoms with Gasteiger partial charge < -0.3 is 9.88 Å². The van der Waals surface area contributed by atoms with Gasteiger partial charge in [-0.2, -0.15) is 0 Å². The van der Waals surface area contributed by atoms with Gasteiger partial charge in [-0.15, -0.1) is 11.3 Å². The highest BCUT2D eigenvalue weighted by Gasteiger charge is 2.05. The molecule has 0 aliphatic carbocycles. The summed E-state index contributed by atoms with van der Waals surface area (Å²) in [5.74, 6) is 0. The van der Waals surface area contributed by atoms with Crippen molar-refractivity contribution in [1.29, 1.82) is 0 Å². The zero-order valence-corrected chi connectivity index (χ0v) is 10.6. The summed E-state index contributed by atoms with van der Waals surface area (Å²) in [6, 6.07) is 0.331. The Morgan fingerprint density at radius 2 is 2.53 bits per heavy atom. The summed E-state index contributed by atoms with van der Waals surface area (Å²) < 4.78 is 2.92. The largest absolute Gasteiger partial charge is 0.357 e. The van der Waals surface area contributed by atoms with Crippen molar-refractivity contribution in [3.8, 4) is 0 Å². The second-order valence-electron chi connectivity index (χ2n) is 3.28. The Kier molecular flexibility index (Phi) is 3.37. The molecule has 0 saturated heterocycles. The fraction of sp³-hybridized carbons (Fsp3) is 0.333. The quantitative estimate of drug-likeness (QED) is 0.940. The summed E-state index contributed by atoms with van der Waals surface area (Å²) in [5, 5.41) is 6.23. The lowest BCUT2D eigenvalue weighted by molar-refractivity contribution is 0.618. The summed E-state index contributed by atoms with van der Waals surface area (Å²) in [5.41, 5.74) is 0. The molecule has 0 aromatic carbocycles. The highest BCUT2D eigenvalue weighted by atomic mass is 79.9. The van der Waals surface area contributed by atoms with Gasteiger partial charge in [0.1, 0.15) is 4.60 Å². The van der Waals surface area contributed by atoms with E-state index in [4.69, 9.17) is 0 Å². The van der Waals surface area contributed by atoms with Crippen LogP contribution in [0.15, 0.2) is 28.7 Å². The van der Waals surface area contributed by atoms with Crippen LogP contribution in [0.1, 0.15) is 6.92 Å². The summed E-state index contributed by atoms with van der Waals surface area (Å²) in [6.45, 7) is 3.01. The molecule has 0 bridgehead atoms. The molecule has 0 fully saturated rings. The maximum absolute atomic E-state index is 4.28. The zero-order chi connectivity index (χ0) is 10.7. The van der Waals surface area contributed by atoms with Crippen LogP contribution in [-0.2, 0) is 6.54 Å². The van der Waals surface area contributed by atoms with E-state index in [1.54, 1.807) is 17.5 Å². The molecule has 2 aromatic rings. The van der Waals surface area contributed by atoms with Gasteiger partial charge in [-0.25, -0.2) is 9.97 Å². The molecule has 15 heavy (non-hydrogen) atoms. The molecule has 2 aromatic heterocycles. The fourth-order valence-corrected chi connectivity index (χ4v) is 2.54. The smallest absolute Gasteiger partial charge is 0.184 e. The molecule has 0 radical (unpaired) electrons. The van der Waals surface area contributed by atoms with Gasteiger partial charge in [0, 0.05) is 30.4 Å². The first-order valence-corrected chi connectivity index (χ1v) is 6.24. The number of halogens is 1. The molecule has 1 unspecified atom stereocenters. The molecule has 2 rings (SSSR count). The molecule has 0 aliphatic rings. The van der Waals surface area contributed by atoms with Crippen molar-refractivity contribution < 1.29 is 0 Å². The van der Waals surface area contributed by atoms with E-state index >= 15 is 0 Å². The van der Waals surface area contributed by atoms with Crippen LogP contribution < -0.4 is 5.32 Å². The standard InChI is InChI=1S/C9H11BrN4S/c1-7(4-14-3-2-11-6-14)12-9-13-8(10)5-15-9/h2-3,5-7H,4H2,1H3,(H,12,13). The van der Waals surface area contributed by atoms with E-state index in [-0.39, 0.29) is 0 Å². The number of nitrogens with one attached hydrogen (secondary N) is 1. The maximum atomic E-state index is 4.28. The number of anilines is 1. The van der Waals surface area contributed by atoms with E-state index in [9.17, 15) is 0 Å². The van der Waals surface area contributed by atoms with Crippen LogP contribution in [0.25, 0.3) is 0 Å². The molecule has 0 spiro atoms. The molecule has 0 aliphatic heterocycles. The van der Waals surface area contributed by atoms with E-state index in [1.165, 1.54) is 0 Å². The van der Waals surface area contributed by atoms with Gasteiger partial charge in [0.05, 0.1) is 6.33 Å². The van der Waals surface area contributed by atoms with Crippen LogP contribution in [0.4, 0.5) is 5.13 Å². The Hall–Kier alpha value is -0.880. The van der Waals surface area contributed by atoms with E-state index in [0.29, 0.717) is 6.04 Å². The van der Waals surface area contributed by atoms with Gasteiger partial charge in [-0.3, -0.25) is 0 Å². The summed E-state index contributed by atoms with van der Waals surface area (Å²) in [4.78, 5) is 8.28. The fourth-order valence-electron chi connectivity index (χ4n) is 1.29. The molecule has 80 valence electrons. The number of thiazole rings is 1. The number of imidazole rings is 1. The SMILES string of the molecule is CC(Cn1ccnc1)Nc1nc(Br)cs1. The summed E-state index contributed by atoms with van der Waals surface area (Å²) in [6.07, 6.45) is 5.55. The Bertz CT molecular complexity index is 411. The first kappa shape index (κ1) is 10.6. The van der Waals surface area contributed by atoms with Crippen molar-refractivity contribution in [3.05, 3.63) is 28.7 Å². The Balaban J connectivity index is 1.90. The summed E-state index contributed by atoms with van der Waals surface area (Å²) in [7, 11) is 0. The van der Waals surface area contributed by atoms with Crippen LogP contribution in [0.2, 0.25) is 0 Å². The number of rotatable bonds is 4. The Morgan fingerprint density at radius 3 is 3.13 bits per heavy atom. The molecular weight excluding hydrogens is 276 g/mol. The van der Waals surface area contributed by atoms with E-state index < -0.39 is 0 Å². The lowest BCUT2D eigenvalue weighted by atomic mass is 10.3. The average Bonchev–Trinajstić information content (AvgIpc) is 2.77. The Labute approximate surface area is 100 Å². The monoisotopic (exact) mass is 286 g/mol. The molecule has 4 nitrogen and oxygen atoms in total. The van der Waals surface area contributed by atoms with Gasteiger partial charge in [0.15, 0.2) is 5.13 Å². The van der Waals surface area contributed by atoms with Crippen LogP contribution in [0, 0.1) is 0 Å². The molecular formula is C9H11BrN4S. The van der Waals surface area contributed by atoms with Crippen molar-refractivity contribution in [2.24, 2.45) is 0 Å². The third kappa shape index (κ3) is 3.04. The second-order valence-corrected chi connectivity index (χ2v) is 4.95.